The molecule has 3 aromatic rings. The number of aromatic nitrogens is 1. The van der Waals surface area contributed by atoms with Crippen LogP contribution in [0.1, 0.15) is 42.6 Å². The lowest BCUT2D eigenvalue weighted by molar-refractivity contribution is 0.0636. The van der Waals surface area contributed by atoms with Crippen molar-refractivity contribution in [2.75, 3.05) is 10.6 Å². The van der Waals surface area contributed by atoms with E-state index in [1.807, 2.05) is 25.3 Å². The summed E-state index contributed by atoms with van der Waals surface area (Å²) in [5.41, 5.74) is 2.09. The van der Waals surface area contributed by atoms with E-state index in [2.05, 4.69) is 15.6 Å². The maximum absolute atomic E-state index is 12.5. The van der Waals surface area contributed by atoms with Crippen molar-refractivity contribution in [3.05, 3.63) is 52.8 Å². The van der Waals surface area contributed by atoms with Gasteiger partial charge in [0, 0.05) is 22.2 Å². The molecule has 0 bridgehead atoms. The second-order valence-corrected chi connectivity index (χ2v) is 8.38. The SMILES string of the molecule is Cc1cc(-c2csc(NC(=O)c3ccc(NC(=O)OC(C)(C)C)cc3)n2)c(C)o1. The average molecular weight is 413 g/mol. The molecule has 0 unspecified atom stereocenters. The smallest absolute Gasteiger partial charge is 0.412 e. The molecule has 0 saturated carbocycles. The van der Waals surface area contributed by atoms with Crippen LogP contribution in [0.15, 0.2) is 40.1 Å². The minimum Gasteiger partial charge on any atom is -0.466 e. The molecule has 0 aliphatic carbocycles. The van der Waals surface area contributed by atoms with Crippen molar-refractivity contribution in [3.8, 4) is 11.3 Å². The number of rotatable bonds is 4. The third kappa shape index (κ3) is 5.45. The molecule has 2 amide bonds. The van der Waals surface area contributed by atoms with E-state index >= 15 is 0 Å². The van der Waals surface area contributed by atoms with Crippen molar-refractivity contribution in [2.45, 2.75) is 40.2 Å². The zero-order valence-corrected chi connectivity index (χ0v) is 17.8. The first kappa shape index (κ1) is 20.6. The van der Waals surface area contributed by atoms with E-state index in [9.17, 15) is 9.59 Å². The van der Waals surface area contributed by atoms with Crippen molar-refractivity contribution >= 4 is 34.2 Å². The van der Waals surface area contributed by atoms with E-state index < -0.39 is 11.7 Å². The molecule has 1 aromatic carbocycles. The minimum absolute atomic E-state index is 0.283. The molecule has 0 fully saturated rings. The first-order valence-electron chi connectivity index (χ1n) is 9.05. The lowest BCUT2D eigenvalue weighted by Crippen LogP contribution is -2.27. The Morgan fingerprint density at radius 2 is 1.79 bits per heavy atom. The van der Waals surface area contributed by atoms with E-state index in [4.69, 9.17) is 9.15 Å². The van der Waals surface area contributed by atoms with Crippen LogP contribution in [0.5, 0.6) is 0 Å². The molecule has 0 aliphatic rings. The predicted octanol–water partition coefficient (Wildman–Crippen LogP) is 5.62. The maximum Gasteiger partial charge on any atom is 0.412 e. The highest BCUT2D eigenvalue weighted by Crippen LogP contribution is 2.29. The molecule has 29 heavy (non-hydrogen) atoms. The number of carbonyl (C=O) groups is 2. The number of nitrogens with zero attached hydrogens (tertiary/aromatic N) is 1. The fourth-order valence-corrected chi connectivity index (χ4v) is 3.34. The standard InChI is InChI=1S/C21H23N3O4S/c1-12-10-16(13(2)27-12)17-11-29-19(23-17)24-18(25)14-6-8-15(9-7-14)22-20(26)28-21(3,4)5/h6-11H,1-5H3,(H,22,26)(H,23,24,25). The van der Waals surface area contributed by atoms with Gasteiger partial charge in [-0.05, 0) is 65.0 Å². The topological polar surface area (TPSA) is 93.5 Å². The summed E-state index contributed by atoms with van der Waals surface area (Å²) in [4.78, 5) is 28.7. The van der Waals surface area contributed by atoms with Crippen LogP contribution in [0.2, 0.25) is 0 Å². The Hall–Kier alpha value is -3.13. The molecule has 0 atom stereocenters. The third-order valence-electron chi connectivity index (χ3n) is 3.83. The summed E-state index contributed by atoms with van der Waals surface area (Å²) in [5.74, 6) is 1.32. The first-order chi connectivity index (χ1) is 13.6. The molecule has 3 rings (SSSR count). The summed E-state index contributed by atoms with van der Waals surface area (Å²) >= 11 is 1.34. The van der Waals surface area contributed by atoms with Crippen LogP contribution in [-0.4, -0.2) is 22.6 Å². The zero-order valence-electron chi connectivity index (χ0n) is 17.0. The summed E-state index contributed by atoms with van der Waals surface area (Å²) in [6, 6.07) is 8.46. The van der Waals surface area contributed by atoms with Crippen LogP contribution >= 0.6 is 11.3 Å². The van der Waals surface area contributed by atoms with Crippen LogP contribution in [0.25, 0.3) is 11.3 Å². The highest BCUT2D eigenvalue weighted by molar-refractivity contribution is 7.14. The average Bonchev–Trinajstić information content (AvgIpc) is 3.19. The number of aryl methyl sites for hydroxylation is 2. The number of amides is 2. The van der Waals surface area contributed by atoms with Crippen molar-refractivity contribution in [1.82, 2.24) is 4.98 Å². The van der Waals surface area contributed by atoms with Gasteiger partial charge in [-0.15, -0.1) is 11.3 Å². The Bertz CT molecular complexity index is 1030. The summed E-state index contributed by atoms with van der Waals surface area (Å²) in [6.45, 7) is 9.14. The quantitative estimate of drug-likeness (QED) is 0.579. The van der Waals surface area contributed by atoms with Crippen molar-refractivity contribution < 1.29 is 18.7 Å². The Morgan fingerprint density at radius 1 is 1.10 bits per heavy atom. The number of hydrogen-bond donors (Lipinski definition) is 2. The van der Waals surface area contributed by atoms with E-state index in [-0.39, 0.29) is 5.91 Å². The van der Waals surface area contributed by atoms with Gasteiger partial charge in [0.05, 0.1) is 5.69 Å². The van der Waals surface area contributed by atoms with Gasteiger partial charge in [-0.3, -0.25) is 15.4 Å². The van der Waals surface area contributed by atoms with Gasteiger partial charge in [0.2, 0.25) is 0 Å². The maximum atomic E-state index is 12.5. The van der Waals surface area contributed by atoms with Crippen molar-refractivity contribution in [3.63, 3.8) is 0 Å². The van der Waals surface area contributed by atoms with Crippen LogP contribution < -0.4 is 10.6 Å². The van der Waals surface area contributed by atoms with E-state index in [1.54, 1.807) is 45.0 Å². The van der Waals surface area contributed by atoms with E-state index in [0.29, 0.717) is 16.4 Å². The Morgan fingerprint density at radius 3 is 2.38 bits per heavy atom. The molecular formula is C21H23N3O4S. The highest BCUT2D eigenvalue weighted by Gasteiger charge is 2.17. The molecule has 152 valence electrons. The van der Waals surface area contributed by atoms with Crippen molar-refractivity contribution in [2.24, 2.45) is 0 Å². The molecule has 0 radical (unpaired) electrons. The molecular weight excluding hydrogens is 390 g/mol. The third-order valence-corrected chi connectivity index (χ3v) is 4.59. The molecule has 0 saturated heterocycles. The number of carbonyl (C=O) groups excluding carboxylic acids is 2. The number of furan rings is 1. The molecule has 8 heteroatoms. The molecule has 0 spiro atoms. The number of thiazole rings is 1. The second-order valence-electron chi connectivity index (χ2n) is 7.52. The lowest BCUT2D eigenvalue weighted by Gasteiger charge is -2.19. The Kier molecular flexibility index (Phi) is 5.74. The second kappa shape index (κ2) is 8.08. The van der Waals surface area contributed by atoms with E-state index in [1.165, 1.54) is 11.3 Å². The fourth-order valence-electron chi connectivity index (χ4n) is 2.64. The van der Waals surface area contributed by atoms with Crippen LogP contribution in [0.3, 0.4) is 0 Å². The summed E-state index contributed by atoms with van der Waals surface area (Å²) < 4.78 is 10.7. The number of ether oxygens (including phenoxy) is 1. The number of hydrogen-bond acceptors (Lipinski definition) is 6. The molecule has 7 nitrogen and oxygen atoms in total. The van der Waals surface area contributed by atoms with Gasteiger partial charge in [0.1, 0.15) is 17.1 Å². The van der Waals surface area contributed by atoms with Gasteiger partial charge < -0.3 is 9.15 Å². The predicted molar refractivity (Wildman–Crippen MR) is 114 cm³/mol. The Balaban J connectivity index is 1.63. The first-order valence-corrected chi connectivity index (χ1v) is 9.93. The van der Waals surface area contributed by atoms with Gasteiger partial charge in [0.15, 0.2) is 5.13 Å². The molecule has 2 aromatic heterocycles. The van der Waals surface area contributed by atoms with Crippen LogP contribution in [-0.2, 0) is 4.74 Å². The van der Waals surface area contributed by atoms with Crippen LogP contribution in [0.4, 0.5) is 15.6 Å². The minimum atomic E-state index is -0.579. The normalized spacial score (nSPS) is 11.2. The highest BCUT2D eigenvalue weighted by atomic mass is 32.1. The summed E-state index contributed by atoms with van der Waals surface area (Å²) in [6.07, 6.45) is -0.546. The summed E-state index contributed by atoms with van der Waals surface area (Å²) in [5, 5.41) is 7.80. The number of anilines is 2. The largest absolute Gasteiger partial charge is 0.466 e. The van der Waals surface area contributed by atoms with Gasteiger partial charge in [-0.25, -0.2) is 9.78 Å². The molecule has 2 N–H and O–H groups in total. The van der Waals surface area contributed by atoms with Crippen molar-refractivity contribution in [1.29, 1.82) is 0 Å². The van der Waals surface area contributed by atoms with Crippen LogP contribution in [0, 0.1) is 13.8 Å². The fraction of sp³-hybridized carbons (Fsp3) is 0.286. The number of benzene rings is 1. The molecule has 0 aliphatic heterocycles. The summed E-state index contributed by atoms with van der Waals surface area (Å²) in [7, 11) is 0. The van der Waals surface area contributed by atoms with Gasteiger partial charge in [-0.2, -0.15) is 0 Å². The lowest BCUT2D eigenvalue weighted by atomic mass is 10.2. The van der Waals surface area contributed by atoms with Gasteiger partial charge >= 0.3 is 6.09 Å². The monoisotopic (exact) mass is 413 g/mol. The van der Waals surface area contributed by atoms with E-state index in [0.717, 1.165) is 22.8 Å². The van der Waals surface area contributed by atoms with Gasteiger partial charge in [0.25, 0.3) is 5.91 Å². The number of nitrogens with one attached hydrogen (secondary N) is 2. The van der Waals surface area contributed by atoms with Gasteiger partial charge in [-0.1, -0.05) is 0 Å². The Labute approximate surface area is 173 Å². The zero-order chi connectivity index (χ0) is 21.2. The molecule has 2 heterocycles.